The molecule has 2 rings (SSSR count). The lowest BCUT2D eigenvalue weighted by Gasteiger charge is -2.31. The lowest BCUT2D eigenvalue weighted by Crippen LogP contribution is -2.46. The molecule has 1 fully saturated rings. The Bertz CT molecular complexity index is 524. The van der Waals surface area contributed by atoms with E-state index in [9.17, 15) is 12.8 Å². The highest BCUT2D eigenvalue weighted by molar-refractivity contribution is 7.89. The molecule has 1 saturated carbocycles. The van der Waals surface area contributed by atoms with Crippen molar-refractivity contribution in [2.75, 3.05) is 0 Å². The first-order valence-corrected chi connectivity index (χ1v) is 6.83. The van der Waals surface area contributed by atoms with Crippen LogP contribution >= 0.6 is 0 Å². The van der Waals surface area contributed by atoms with Gasteiger partial charge in [0.05, 0.1) is 6.10 Å². The van der Waals surface area contributed by atoms with Crippen molar-refractivity contribution in [3.05, 3.63) is 29.6 Å². The van der Waals surface area contributed by atoms with Crippen molar-refractivity contribution in [3.63, 3.8) is 0 Å². The SMILES string of the molecule is Cc1ccc(F)c(S(=O)(=O)NC2CC(O)C2)c1. The maximum absolute atomic E-state index is 13.4. The monoisotopic (exact) mass is 259 g/mol. The van der Waals surface area contributed by atoms with Crippen LogP contribution in [0, 0.1) is 12.7 Å². The number of aliphatic hydroxyl groups is 1. The van der Waals surface area contributed by atoms with Crippen LogP contribution in [0.2, 0.25) is 0 Å². The van der Waals surface area contributed by atoms with E-state index in [4.69, 9.17) is 5.11 Å². The summed E-state index contributed by atoms with van der Waals surface area (Å²) in [6.07, 6.45) is 0.310. The minimum absolute atomic E-state index is 0.296. The number of nitrogens with one attached hydrogen (secondary N) is 1. The van der Waals surface area contributed by atoms with Crippen molar-refractivity contribution >= 4 is 10.0 Å². The summed E-state index contributed by atoms with van der Waals surface area (Å²) in [6, 6.07) is 3.66. The molecule has 1 aliphatic rings. The van der Waals surface area contributed by atoms with Crippen LogP contribution < -0.4 is 4.72 Å². The average Bonchev–Trinajstić information content (AvgIpc) is 2.19. The van der Waals surface area contributed by atoms with Crippen molar-refractivity contribution in [2.24, 2.45) is 0 Å². The third kappa shape index (κ3) is 2.65. The van der Waals surface area contributed by atoms with Gasteiger partial charge in [0, 0.05) is 6.04 Å². The van der Waals surface area contributed by atoms with E-state index in [1.165, 1.54) is 12.1 Å². The topological polar surface area (TPSA) is 66.4 Å². The summed E-state index contributed by atoms with van der Waals surface area (Å²) in [5, 5.41) is 9.08. The number of benzene rings is 1. The molecule has 17 heavy (non-hydrogen) atoms. The highest BCUT2D eigenvalue weighted by Crippen LogP contribution is 2.23. The summed E-state index contributed by atoms with van der Waals surface area (Å²) in [5.74, 6) is -0.761. The number of sulfonamides is 1. The largest absolute Gasteiger partial charge is 0.393 e. The Balaban J connectivity index is 2.22. The van der Waals surface area contributed by atoms with Gasteiger partial charge in [0.15, 0.2) is 0 Å². The number of hydrogen-bond acceptors (Lipinski definition) is 3. The van der Waals surface area contributed by atoms with Gasteiger partial charge in [0.1, 0.15) is 10.7 Å². The predicted octanol–water partition coefficient (Wildman–Crippen LogP) is 0.936. The van der Waals surface area contributed by atoms with Crippen molar-refractivity contribution in [1.29, 1.82) is 0 Å². The summed E-state index contributed by atoms with van der Waals surface area (Å²) in [7, 11) is -3.83. The fourth-order valence-electron chi connectivity index (χ4n) is 1.78. The van der Waals surface area contributed by atoms with Crippen LogP contribution in [0.15, 0.2) is 23.1 Å². The number of aliphatic hydroxyl groups excluding tert-OH is 1. The highest BCUT2D eigenvalue weighted by Gasteiger charge is 2.32. The number of hydrogen-bond donors (Lipinski definition) is 2. The van der Waals surface area contributed by atoms with Crippen LogP contribution in [0.3, 0.4) is 0 Å². The molecule has 2 N–H and O–H groups in total. The molecule has 1 aromatic rings. The molecule has 94 valence electrons. The summed E-state index contributed by atoms with van der Waals surface area (Å²) in [5.41, 5.74) is 0.681. The molecule has 1 aliphatic carbocycles. The quantitative estimate of drug-likeness (QED) is 0.849. The van der Waals surface area contributed by atoms with Crippen LogP contribution in [0.25, 0.3) is 0 Å². The van der Waals surface area contributed by atoms with Crippen LogP contribution in [0.5, 0.6) is 0 Å². The van der Waals surface area contributed by atoms with Gasteiger partial charge in [-0.2, -0.15) is 0 Å². The van der Waals surface area contributed by atoms with E-state index in [0.29, 0.717) is 18.4 Å². The Morgan fingerprint density at radius 1 is 1.41 bits per heavy atom. The van der Waals surface area contributed by atoms with Gasteiger partial charge in [-0.25, -0.2) is 17.5 Å². The van der Waals surface area contributed by atoms with Gasteiger partial charge in [-0.15, -0.1) is 0 Å². The number of halogens is 1. The molecule has 0 radical (unpaired) electrons. The zero-order valence-electron chi connectivity index (χ0n) is 9.35. The Labute approximate surface area is 99.5 Å². The normalized spacial score (nSPS) is 24.4. The number of rotatable bonds is 3. The first kappa shape index (κ1) is 12.5. The molecule has 4 nitrogen and oxygen atoms in total. The average molecular weight is 259 g/mol. The lowest BCUT2D eigenvalue weighted by atomic mass is 9.91. The zero-order valence-corrected chi connectivity index (χ0v) is 10.2. The third-order valence-electron chi connectivity index (χ3n) is 2.81. The first-order valence-electron chi connectivity index (χ1n) is 5.35. The van der Waals surface area contributed by atoms with Crippen LogP contribution in [-0.2, 0) is 10.0 Å². The van der Waals surface area contributed by atoms with E-state index < -0.39 is 21.9 Å². The molecule has 0 spiro atoms. The van der Waals surface area contributed by atoms with E-state index >= 15 is 0 Å². The highest BCUT2D eigenvalue weighted by atomic mass is 32.2. The van der Waals surface area contributed by atoms with E-state index in [1.807, 2.05) is 0 Å². The molecule has 0 saturated heterocycles. The lowest BCUT2D eigenvalue weighted by molar-refractivity contribution is 0.0712. The van der Waals surface area contributed by atoms with E-state index in [-0.39, 0.29) is 10.9 Å². The second-order valence-corrected chi connectivity index (χ2v) is 6.06. The van der Waals surface area contributed by atoms with Gasteiger partial charge in [0.2, 0.25) is 10.0 Å². The Hall–Kier alpha value is -0.980. The molecular weight excluding hydrogens is 245 g/mol. The Morgan fingerprint density at radius 3 is 2.65 bits per heavy atom. The van der Waals surface area contributed by atoms with Crippen LogP contribution in [-0.4, -0.2) is 25.7 Å². The maximum Gasteiger partial charge on any atom is 0.243 e. The molecule has 0 heterocycles. The first-order chi connectivity index (χ1) is 7.88. The van der Waals surface area contributed by atoms with Crippen LogP contribution in [0.4, 0.5) is 4.39 Å². The fraction of sp³-hybridized carbons (Fsp3) is 0.455. The smallest absolute Gasteiger partial charge is 0.243 e. The molecule has 0 bridgehead atoms. The molecule has 0 atom stereocenters. The minimum atomic E-state index is -3.83. The van der Waals surface area contributed by atoms with Crippen molar-refractivity contribution in [3.8, 4) is 0 Å². The van der Waals surface area contributed by atoms with E-state index in [2.05, 4.69) is 4.72 Å². The standard InChI is InChI=1S/C11H14FNO3S/c1-7-2-3-10(12)11(4-7)17(15,16)13-8-5-9(14)6-8/h2-4,8-9,13-14H,5-6H2,1H3. The van der Waals surface area contributed by atoms with Gasteiger partial charge in [-0.05, 0) is 37.5 Å². The third-order valence-corrected chi connectivity index (χ3v) is 4.35. The molecule has 0 amide bonds. The Morgan fingerprint density at radius 2 is 2.06 bits per heavy atom. The zero-order chi connectivity index (χ0) is 12.6. The van der Waals surface area contributed by atoms with Gasteiger partial charge < -0.3 is 5.11 Å². The van der Waals surface area contributed by atoms with Gasteiger partial charge >= 0.3 is 0 Å². The van der Waals surface area contributed by atoms with Gasteiger partial charge in [0.25, 0.3) is 0 Å². The second kappa shape index (κ2) is 4.36. The summed E-state index contributed by atoms with van der Waals surface area (Å²) in [6.45, 7) is 1.70. The molecule has 1 aromatic carbocycles. The van der Waals surface area contributed by atoms with E-state index in [1.54, 1.807) is 6.92 Å². The summed E-state index contributed by atoms with van der Waals surface area (Å²) < 4.78 is 39.6. The molecule has 0 unspecified atom stereocenters. The molecule has 0 aromatic heterocycles. The van der Waals surface area contributed by atoms with Crippen molar-refractivity contribution in [1.82, 2.24) is 4.72 Å². The van der Waals surface area contributed by atoms with Gasteiger partial charge in [-0.3, -0.25) is 0 Å². The van der Waals surface area contributed by atoms with Crippen molar-refractivity contribution < 1.29 is 17.9 Å². The number of aryl methyl sites for hydroxylation is 1. The van der Waals surface area contributed by atoms with Gasteiger partial charge in [-0.1, -0.05) is 6.07 Å². The summed E-state index contributed by atoms with van der Waals surface area (Å²) >= 11 is 0. The molecule has 0 aliphatic heterocycles. The fourth-order valence-corrected chi connectivity index (χ4v) is 3.21. The summed E-state index contributed by atoms with van der Waals surface area (Å²) in [4.78, 5) is -0.334. The van der Waals surface area contributed by atoms with E-state index in [0.717, 1.165) is 6.07 Å². The van der Waals surface area contributed by atoms with Crippen LogP contribution in [0.1, 0.15) is 18.4 Å². The second-order valence-electron chi connectivity index (χ2n) is 4.38. The maximum atomic E-state index is 13.4. The Kier molecular flexibility index (Phi) is 3.20. The minimum Gasteiger partial charge on any atom is -0.393 e. The van der Waals surface area contributed by atoms with Crippen molar-refractivity contribution in [2.45, 2.75) is 36.8 Å². The predicted molar refractivity (Wildman–Crippen MR) is 60.5 cm³/mol. The molecular formula is C11H14FNO3S. The molecule has 6 heteroatoms.